The Balaban J connectivity index is 2.73. The molecule has 0 amide bonds. The van der Waals surface area contributed by atoms with E-state index in [1.165, 1.54) is 4.88 Å². The molecule has 1 unspecified atom stereocenters. The Bertz CT molecular complexity index is 193. The first-order chi connectivity index (χ1) is 4.88. The van der Waals surface area contributed by atoms with Crippen LogP contribution in [0.4, 0.5) is 0 Å². The van der Waals surface area contributed by atoms with Crippen LogP contribution >= 0.6 is 11.3 Å². The summed E-state index contributed by atoms with van der Waals surface area (Å²) in [6.45, 7) is 2.04. The minimum Gasteiger partial charge on any atom is -0.143 e. The molecule has 0 aromatic carbocycles. The van der Waals surface area contributed by atoms with E-state index in [9.17, 15) is 4.21 Å². The molecule has 1 aromatic rings. The van der Waals surface area contributed by atoms with Gasteiger partial charge in [0.05, 0.1) is 4.88 Å². The highest BCUT2D eigenvalue weighted by molar-refractivity contribution is 7.66. The van der Waals surface area contributed by atoms with Crippen LogP contribution in [0, 0.1) is 0 Å². The average Bonchev–Trinajstić information content (AvgIpc) is 2.43. The highest BCUT2D eigenvalue weighted by Gasteiger charge is 2.21. The lowest BCUT2D eigenvalue weighted by Gasteiger charge is -1.88. The maximum Gasteiger partial charge on any atom is 0.468 e. The summed E-state index contributed by atoms with van der Waals surface area (Å²) in [5, 5.41) is 2.17. The molecule has 0 aliphatic carbocycles. The summed E-state index contributed by atoms with van der Waals surface area (Å²) in [4.78, 5) is 1.20. The van der Waals surface area contributed by atoms with Crippen LogP contribution < -0.4 is 0 Å². The average molecular weight is 173 g/mol. The van der Waals surface area contributed by atoms with Gasteiger partial charge < -0.3 is 0 Å². The van der Waals surface area contributed by atoms with E-state index in [0.717, 1.165) is 6.42 Å². The summed E-state index contributed by atoms with van der Waals surface area (Å²) >= 11 is 2.35. The van der Waals surface area contributed by atoms with Gasteiger partial charge in [0.2, 0.25) is 0 Å². The normalized spacial score (nSPS) is 12.9. The van der Waals surface area contributed by atoms with Crippen LogP contribution in [0.1, 0.15) is 23.5 Å². The molecule has 1 heterocycles. The van der Waals surface area contributed by atoms with E-state index in [1.807, 2.05) is 24.4 Å². The summed E-state index contributed by atoms with van der Waals surface area (Å²) < 4.78 is 10.5. The molecule has 1 rings (SSSR count). The molecule has 0 radical (unpaired) electrons. The predicted octanol–water partition coefficient (Wildman–Crippen LogP) is 2.63. The van der Waals surface area contributed by atoms with Crippen LogP contribution in [0.3, 0.4) is 0 Å². The van der Waals surface area contributed by atoms with Crippen LogP contribution in [0.5, 0.6) is 0 Å². The Hall–Kier alpha value is -0.280. The monoisotopic (exact) mass is 173 g/mol. The second-order valence-corrected chi connectivity index (χ2v) is 3.75. The largest absolute Gasteiger partial charge is 0.468 e. The molecule has 1 nitrogen and oxygen atoms in total. The molecule has 0 saturated heterocycles. The lowest BCUT2D eigenvalue weighted by atomic mass is 10.3. The maximum absolute atomic E-state index is 10.5. The van der Waals surface area contributed by atoms with Crippen molar-refractivity contribution in [3.8, 4) is 0 Å². The smallest absolute Gasteiger partial charge is 0.143 e. The van der Waals surface area contributed by atoms with Crippen molar-refractivity contribution in [1.29, 1.82) is 0 Å². The Kier molecular flexibility index (Phi) is 2.96. The van der Waals surface area contributed by atoms with Gasteiger partial charge >= 0.3 is 11.7 Å². The molecular formula is C7H9OS2+. The molecular weight excluding hydrogens is 164 g/mol. The number of thiophene rings is 1. The molecule has 0 aliphatic heterocycles. The van der Waals surface area contributed by atoms with Gasteiger partial charge in [-0.1, -0.05) is 13.0 Å². The van der Waals surface area contributed by atoms with Crippen molar-refractivity contribution in [3.63, 3.8) is 0 Å². The Morgan fingerprint density at radius 3 is 3.00 bits per heavy atom. The van der Waals surface area contributed by atoms with Crippen LogP contribution in [0.25, 0.3) is 0 Å². The maximum atomic E-state index is 10.5. The van der Waals surface area contributed by atoms with Crippen LogP contribution in [0.2, 0.25) is 0 Å². The first kappa shape index (κ1) is 7.82. The molecule has 0 bridgehead atoms. The zero-order valence-electron chi connectivity index (χ0n) is 5.74. The van der Waals surface area contributed by atoms with Gasteiger partial charge in [-0.25, -0.2) is 0 Å². The van der Waals surface area contributed by atoms with Gasteiger partial charge in [-0.2, -0.15) is 0 Å². The quantitative estimate of drug-likeness (QED) is 0.642. The van der Waals surface area contributed by atoms with Crippen molar-refractivity contribution in [3.05, 3.63) is 22.4 Å². The summed E-state index contributed by atoms with van der Waals surface area (Å²) in [7, 11) is 0. The molecule has 3 heteroatoms. The van der Waals surface area contributed by atoms with Gasteiger partial charge in [0, 0.05) is 10.6 Å². The van der Waals surface area contributed by atoms with Gasteiger partial charge in [0.25, 0.3) is 5.25 Å². The SMILES string of the molecule is CCC([S+]=O)c1cccs1. The van der Waals surface area contributed by atoms with Gasteiger partial charge in [-0.15, -0.1) is 11.3 Å². The van der Waals surface area contributed by atoms with Gasteiger partial charge in [0.15, 0.2) is 0 Å². The minimum atomic E-state index is 0.167. The fraction of sp³-hybridized carbons (Fsp3) is 0.429. The van der Waals surface area contributed by atoms with E-state index < -0.39 is 0 Å². The topological polar surface area (TPSA) is 17.1 Å². The summed E-state index contributed by atoms with van der Waals surface area (Å²) in [6.07, 6.45) is 0.925. The molecule has 0 spiro atoms. The van der Waals surface area contributed by atoms with E-state index in [-0.39, 0.29) is 5.25 Å². The molecule has 54 valence electrons. The standard InChI is InChI=1S/C7H9OS2/c1-2-6(10-8)7-4-3-5-9-7/h3-6H,2H2,1H3/q+1. The zero-order chi connectivity index (χ0) is 7.40. The third-order valence-electron chi connectivity index (χ3n) is 1.35. The number of hydrogen-bond acceptors (Lipinski definition) is 2. The predicted molar refractivity (Wildman–Crippen MR) is 45.4 cm³/mol. The van der Waals surface area contributed by atoms with Crippen molar-refractivity contribution in [1.82, 2.24) is 0 Å². The molecule has 1 atom stereocenters. The Labute approximate surface area is 68.6 Å². The highest BCUT2D eigenvalue weighted by atomic mass is 32.1. The van der Waals surface area contributed by atoms with E-state index in [0.29, 0.717) is 11.7 Å². The van der Waals surface area contributed by atoms with E-state index in [1.54, 1.807) is 11.3 Å². The summed E-state index contributed by atoms with van der Waals surface area (Å²) in [5.41, 5.74) is 0. The summed E-state index contributed by atoms with van der Waals surface area (Å²) in [5.74, 6) is 0. The van der Waals surface area contributed by atoms with Crippen molar-refractivity contribution in [2.75, 3.05) is 0 Å². The molecule has 0 saturated carbocycles. The van der Waals surface area contributed by atoms with E-state index in [2.05, 4.69) is 0 Å². The minimum absolute atomic E-state index is 0.167. The molecule has 0 fully saturated rings. The first-order valence-electron chi connectivity index (χ1n) is 3.20. The molecule has 10 heavy (non-hydrogen) atoms. The van der Waals surface area contributed by atoms with Gasteiger partial charge in [-0.05, 0) is 11.4 Å². The lowest BCUT2D eigenvalue weighted by molar-refractivity contribution is 0.598. The van der Waals surface area contributed by atoms with Crippen molar-refractivity contribution in [2.24, 2.45) is 0 Å². The van der Waals surface area contributed by atoms with Gasteiger partial charge in [-0.3, -0.25) is 0 Å². The van der Waals surface area contributed by atoms with E-state index >= 15 is 0 Å². The fourth-order valence-corrected chi connectivity index (χ4v) is 2.17. The molecule has 0 aliphatic rings. The second kappa shape index (κ2) is 3.78. The third kappa shape index (κ3) is 1.61. The molecule has 0 N–H and O–H groups in total. The highest BCUT2D eigenvalue weighted by Crippen LogP contribution is 2.22. The van der Waals surface area contributed by atoms with Gasteiger partial charge in [0.1, 0.15) is 0 Å². The Morgan fingerprint density at radius 2 is 2.60 bits per heavy atom. The fourth-order valence-electron chi connectivity index (χ4n) is 0.791. The van der Waals surface area contributed by atoms with Crippen LogP contribution in [-0.4, -0.2) is 0 Å². The second-order valence-electron chi connectivity index (χ2n) is 2.01. The van der Waals surface area contributed by atoms with Crippen molar-refractivity contribution >= 4 is 23.0 Å². The summed E-state index contributed by atoms with van der Waals surface area (Å²) in [6, 6.07) is 4.00. The number of hydrogen-bond donors (Lipinski definition) is 0. The van der Waals surface area contributed by atoms with Crippen LogP contribution in [-0.2, 0) is 15.9 Å². The molecule has 1 aromatic heterocycles. The van der Waals surface area contributed by atoms with Crippen LogP contribution in [0.15, 0.2) is 17.5 Å². The number of rotatable bonds is 3. The zero-order valence-corrected chi connectivity index (χ0v) is 7.37. The van der Waals surface area contributed by atoms with Crippen molar-refractivity contribution in [2.45, 2.75) is 18.6 Å². The third-order valence-corrected chi connectivity index (χ3v) is 3.30. The Morgan fingerprint density at radius 1 is 1.80 bits per heavy atom. The first-order valence-corrected chi connectivity index (χ1v) is 4.89. The lowest BCUT2D eigenvalue weighted by Crippen LogP contribution is -1.89. The van der Waals surface area contributed by atoms with E-state index in [4.69, 9.17) is 0 Å². The van der Waals surface area contributed by atoms with Crippen molar-refractivity contribution < 1.29 is 4.21 Å².